The first-order valence-electron chi connectivity index (χ1n) is 7.42. The lowest BCUT2D eigenvalue weighted by Crippen LogP contribution is -2.29. The predicted octanol–water partition coefficient (Wildman–Crippen LogP) is 7.13. The van der Waals surface area contributed by atoms with E-state index >= 15 is 0 Å². The zero-order valence-corrected chi connectivity index (χ0v) is 15.0. The predicted molar refractivity (Wildman–Crippen MR) is 99.3 cm³/mol. The Morgan fingerprint density at radius 3 is 2.43 bits per heavy atom. The maximum absolute atomic E-state index is 6.48. The molecule has 2 aliphatic rings. The summed E-state index contributed by atoms with van der Waals surface area (Å²) in [5, 5.41) is 6.01. The van der Waals surface area contributed by atoms with E-state index in [9.17, 15) is 0 Å². The molecule has 0 amide bonds. The lowest BCUT2D eigenvalue weighted by Gasteiger charge is -2.38. The summed E-state index contributed by atoms with van der Waals surface area (Å²) < 4.78 is 0. The molecule has 1 N–H and O–H groups in total. The molecule has 2 aromatic carbocycles. The van der Waals surface area contributed by atoms with E-state index in [-0.39, 0.29) is 12.0 Å². The zero-order chi connectivity index (χ0) is 16.1. The van der Waals surface area contributed by atoms with Crippen molar-refractivity contribution in [2.45, 2.75) is 18.4 Å². The van der Waals surface area contributed by atoms with Gasteiger partial charge in [0, 0.05) is 16.5 Å². The highest BCUT2D eigenvalue weighted by Crippen LogP contribution is 2.54. The van der Waals surface area contributed by atoms with Crippen LogP contribution in [0.3, 0.4) is 0 Å². The number of rotatable bonds is 1. The fraction of sp³-hybridized carbons (Fsp3) is 0.222. The third-order valence-corrected chi connectivity index (χ3v) is 6.06. The van der Waals surface area contributed by atoms with Gasteiger partial charge in [-0.05, 0) is 36.1 Å². The van der Waals surface area contributed by atoms with Crippen molar-refractivity contribution < 1.29 is 0 Å². The molecule has 0 saturated heterocycles. The van der Waals surface area contributed by atoms with Crippen LogP contribution in [-0.2, 0) is 0 Å². The summed E-state index contributed by atoms with van der Waals surface area (Å²) in [7, 11) is 0. The summed E-state index contributed by atoms with van der Waals surface area (Å²) >= 11 is 25.2. The van der Waals surface area contributed by atoms with E-state index in [1.165, 1.54) is 5.56 Å². The number of hydrogen-bond acceptors (Lipinski definition) is 1. The number of halogens is 4. The Bertz CT molecular complexity index is 798. The molecule has 0 bridgehead atoms. The van der Waals surface area contributed by atoms with Crippen LogP contribution < -0.4 is 5.32 Å². The zero-order valence-electron chi connectivity index (χ0n) is 12.0. The van der Waals surface area contributed by atoms with Crippen LogP contribution in [0.1, 0.15) is 29.5 Å². The lowest BCUT2D eigenvalue weighted by molar-refractivity contribution is 0.426. The highest BCUT2D eigenvalue weighted by molar-refractivity contribution is 6.44. The summed E-state index contributed by atoms with van der Waals surface area (Å²) in [4.78, 5) is 0. The fourth-order valence-electron chi connectivity index (χ4n) is 3.66. The Hall–Kier alpha value is -0.860. The van der Waals surface area contributed by atoms with Crippen molar-refractivity contribution in [3.63, 3.8) is 0 Å². The van der Waals surface area contributed by atoms with E-state index in [1.54, 1.807) is 6.07 Å². The van der Waals surface area contributed by atoms with E-state index in [0.29, 0.717) is 21.0 Å². The SMILES string of the molecule is Clc1ccc(C2Nc3c(Cl)cc(Cl)c(Cl)c3C3C=CCC32)cc1. The Labute approximate surface area is 155 Å². The first-order chi connectivity index (χ1) is 11.1. The molecular weight excluding hydrogens is 372 g/mol. The van der Waals surface area contributed by atoms with Crippen molar-refractivity contribution in [1.82, 2.24) is 0 Å². The second-order valence-electron chi connectivity index (χ2n) is 5.97. The van der Waals surface area contributed by atoms with Crippen molar-refractivity contribution in [3.05, 3.63) is 73.7 Å². The molecule has 4 rings (SSSR count). The molecule has 0 fully saturated rings. The van der Waals surface area contributed by atoms with Gasteiger partial charge in [-0.2, -0.15) is 0 Å². The molecule has 2 aromatic rings. The summed E-state index contributed by atoms with van der Waals surface area (Å²) in [6, 6.07) is 9.82. The van der Waals surface area contributed by atoms with Crippen molar-refractivity contribution in [3.8, 4) is 0 Å². The monoisotopic (exact) mass is 383 g/mol. The number of fused-ring (bicyclic) bond motifs is 3. The number of hydrogen-bond donors (Lipinski definition) is 1. The van der Waals surface area contributed by atoms with Crippen molar-refractivity contribution in [2.24, 2.45) is 5.92 Å². The Morgan fingerprint density at radius 1 is 0.957 bits per heavy atom. The summed E-state index contributed by atoms with van der Waals surface area (Å²) in [5.41, 5.74) is 3.09. The maximum Gasteiger partial charge on any atom is 0.0656 e. The molecule has 1 aliphatic heterocycles. The fourth-order valence-corrected chi connectivity index (χ4v) is 4.60. The lowest BCUT2D eigenvalue weighted by atomic mass is 9.77. The standard InChI is InChI=1S/C18H13Cl4N/c19-10-6-4-9(5-7-10)17-12-3-1-2-11(12)15-16(22)13(20)8-14(21)18(15)23-17/h1-2,4-8,11-12,17,23H,3H2. The van der Waals surface area contributed by atoms with Crippen LogP contribution in [0, 0.1) is 5.92 Å². The van der Waals surface area contributed by atoms with E-state index in [0.717, 1.165) is 22.7 Å². The third kappa shape index (κ3) is 2.55. The average Bonchev–Trinajstić information content (AvgIpc) is 3.02. The molecule has 1 aliphatic carbocycles. The second kappa shape index (κ2) is 5.89. The first-order valence-corrected chi connectivity index (χ1v) is 8.93. The number of allylic oxidation sites excluding steroid dienone is 2. The van der Waals surface area contributed by atoms with Gasteiger partial charge in [0.15, 0.2) is 0 Å². The average molecular weight is 385 g/mol. The molecule has 0 saturated carbocycles. The van der Waals surface area contributed by atoms with Gasteiger partial charge in [-0.15, -0.1) is 0 Å². The highest BCUT2D eigenvalue weighted by atomic mass is 35.5. The Morgan fingerprint density at radius 2 is 1.70 bits per heavy atom. The normalized spacial score (nSPS) is 25.0. The molecule has 3 atom stereocenters. The first kappa shape index (κ1) is 15.7. The van der Waals surface area contributed by atoms with Crippen LogP contribution in [0.25, 0.3) is 0 Å². The number of anilines is 1. The Balaban J connectivity index is 1.86. The van der Waals surface area contributed by atoms with Gasteiger partial charge in [0.1, 0.15) is 0 Å². The van der Waals surface area contributed by atoms with E-state index < -0.39 is 0 Å². The van der Waals surface area contributed by atoms with Crippen molar-refractivity contribution in [1.29, 1.82) is 0 Å². The second-order valence-corrected chi connectivity index (χ2v) is 7.60. The summed E-state index contributed by atoms with van der Waals surface area (Å²) in [5.74, 6) is 0.603. The van der Waals surface area contributed by atoms with E-state index in [4.69, 9.17) is 46.4 Å². The van der Waals surface area contributed by atoms with Crippen LogP contribution in [0.15, 0.2) is 42.5 Å². The molecule has 0 aromatic heterocycles. The van der Waals surface area contributed by atoms with E-state index in [2.05, 4.69) is 29.6 Å². The summed E-state index contributed by atoms with van der Waals surface area (Å²) in [6.45, 7) is 0. The van der Waals surface area contributed by atoms with Gasteiger partial charge >= 0.3 is 0 Å². The molecule has 0 spiro atoms. The molecule has 3 unspecified atom stereocenters. The van der Waals surface area contributed by atoms with Crippen LogP contribution in [0.4, 0.5) is 5.69 Å². The summed E-state index contributed by atoms with van der Waals surface area (Å²) in [6.07, 6.45) is 5.41. The van der Waals surface area contributed by atoms with Crippen LogP contribution in [0.5, 0.6) is 0 Å². The van der Waals surface area contributed by atoms with E-state index in [1.807, 2.05) is 12.1 Å². The molecule has 1 nitrogen and oxygen atoms in total. The van der Waals surface area contributed by atoms with Crippen LogP contribution in [0.2, 0.25) is 20.1 Å². The Kier molecular flexibility index (Phi) is 4.01. The minimum absolute atomic E-state index is 0.162. The smallest absolute Gasteiger partial charge is 0.0656 e. The van der Waals surface area contributed by atoms with Gasteiger partial charge < -0.3 is 5.32 Å². The molecule has 1 heterocycles. The van der Waals surface area contributed by atoms with Gasteiger partial charge in [-0.3, -0.25) is 0 Å². The van der Waals surface area contributed by atoms with Crippen molar-refractivity contribution >= 4 is 52.1 Å². The van der Waals surface area contributed by atoms with Gasteiger partial charge in [0.05, 0.1) is 26.8 Å². The third-order valence-electron chi connectivity index (χ3n) is 4.71. The van der Waals surface area contributed by atoms with Gasteiger partial charge in [-0.1, -0.05) is 70.7 Å². The maximum atomic E-state index is 6.48. The van der Waals surface area contributed by atoms with Crippen molar-refractivity contribution in [2.75, 3.05) is 5.32 Å². The quantitative estimate of drug-likeness (QED) is 0.407. The number of nitrogens with one attached hydrogen (secondary N) is 1. The minimum atomic E-state index is 0.162. The largest absolute Gasteiger partial charge is 0.376 e. The molecule has 0 radical (unpaired) electrons. The minimum Gasteiger partial charge on any atom is -0.376 e. The number of benzene rings is 2. The molecular formula is C18H13Cl4N. The highest BCUT2D eigenvalue weighted by Gasteiger charge is 2.40. The van der Waals surface area contributed by atoms with Gasteiger partial charge in [0.2, 0.25) is 0 Å². The van der Waals surface area contributed by atoms with Crippen LogP contribution in [-0.4, -0.2) is 0 Å². The topological polar surface area (TPSA) is 12.0 Å². The molecule has 23 heavy (non-hydrogen) atoms. The molecule has 5 heteroatoms. The molecule has 118 valence electrons. The van der Waals surface area contributed by atoms with Gasteiger partial charge in [-0.25, -0.2) is 0 Å². The van der Waals surface area contributed by atoms with Gasteiger partial charge in [0.25, 0.3) is 0 Å². The van der Waals surface area contributed by atoms with Crippen LogP contribution >= 0.6 is 46.4 Å².